The fourth-order valence-corrected chi connectivity index (χ4v) is 6.16. The second-order valence-corrected chi connectivity index (χ2v) is 9.06. The van der Waals surface area contributed by atoms with Crippen molar-refractivity contribution in [2.24, 2.45) is 35.5 Å². The van der Waals surface area contributed by atoms with Crippen molar-refractivity contribution in [1.29, 1.82) is 5.26 Å². The third kappa shape index (κ3) is 4.33. The lowest BCUT2D eigenvalue weighted by Gasteiger charge is -2.42. The van der Waals surface area contributed by atoms with Gasteiger partial charge >= 0.3 is 0 Å². The van der Waals surface area contributed by atoms with E-state index in [-0.39, 0.29) is 5.92 Å². The quantitative estimate of drug-likeness (QED) is 0.563. The molecular weight excluding hydrogens is 297 g/mol. The molecule has 0 saturated heterocycles. The normalized spacial score (nSPS) is 44.0. The molecule has 0 amide bonds. The summed E-state index contributed by atoms with van der Waals surface area (Å²) < 4.78 is 14.9. The van der Waals surface area contributed by atoms with Gasteiger partial charge in [-0.15, -0.1) is 0 Å². The zero-order valence-electron chi connectivity index (χ0n) is 15.6. The Morgan fingerprint density at radius 3 is 2.04 bits per heavy atom. The van der Waals surface area contributed by atoms with E-state index in [4.69, 9.17) is 5.26 Å². The van der Waals surface area contributed by atoms with Gasteiger partial charge in [0, 0.05) is 5.92 Å². The maximum Gasteiger partial charge on any atom is 0.103 e. The standard InChI is InChI=1S/C22H36FN/c1-2-3-16-4-8-18(9-5-16)20-12-13-21(22(23)14-20)19-10-6-17(15-24)7-11-19/h16-22H,2-14H2,1H3. The Kier molecular flexibility index (Phi) is 6.59. The maximum atomic E-state index is 14.9. The van der Waals surface area contributed by atoms with Crippen molar-refractivity contribution in [1.82, 2.24) is 0 Å². The van der Waals surface area contributed by atoms with Crippen molar-refractivity contribution in [2.75, 3.05) is 0 Å². The van der Waals surface area contributed by atoms with Crippen LogP contribution in [0.5, 0.6) is 0 Å². The summed E-state index contributed by atoms with van der Waals surface area (Å²) in [7, 11) is 0. The molecular formula is C22H36FN. The number of nitrogens with zero attached hydrogens (tertiary/aromatic N) is 1. The monoisotopic (exact) mass is 333 g/mol. The summed E-state index contributed by atoms with van der Waals surface area (Å²) in [5.41, 5.74) is 0. The lowest BCUT2D eigenvalue weighted by molar-refractivity contribution is 0.0355. The highest BCUT2D eigenvalue weighted by atomic mass is 19.1. The van der Waals surface area contributed by atoms with Gasteiger partial charge in [0.2, 0.25) is 0 Å². The van der Waals surface area contributed by atoms with Gasteiger partial charge in [0.1, 0.15) is 6.17 Å². The summed E-state index contributed by atoms with van der Waals surface area (Å²) in [6.07, 6.45) is 15.1. The number of alkyl halides is 1. The molecule has 3 fully saturated rings. The molecule has 0 radical (unpaired) electrons. The molecule has 3 unspecified atom stereocenters. The van der Waals surface area contributed by atoms with Crippen LogP contribution in [0.15, 0.2) is 0 Å². The van der Waals surface area contributed by atoms with Crippen LogP contribution in [0.3, 0.4) is 0 Å². The SMILES string of the molecule is CCCC1CCC(C2CCC(C3CCC(C#N)CC3)C(F)C2)CC1. The van der Waals surface area contributed by atoms with Crippen LogP contribution in [0.1, 0.15) is 90.4 Å². The molecule has 0 aromatic rings. The lowest BCUT2D eigenvalue weighted by Crippen LogP contribution is -2.36. The molecule has 0 heterocycles. The Morgan fingerprint density at radius 1 is 0.833 bits per heavy atom. The van der Waals surface area contributed by atoms with Crippen LogP contribution in [-0.4, -0.2) is 6.17 Å². The van der Waals surface area contributed by atoms with Crippen LogP contribution in [-0.2, 0) is 0 Å². The van der Waals surface area contributed by atoms with Gasteiger partial charge in [-0.2, -0.15) is 5.26 Å². The fourth-order valence-electron chi connectivity index (χ4n) is 6.16. The van der Waals surface area contributed by atoms with Gasteiger partial charge < -0.3 is 0 Å². The smallest absolute Gasteiger partial charge is 0.103 e. The third-order valence-corrected chi connectivity index (χ3v) is 7.68. The van der Waals surface area contributed by atoms with Gasteiger partial charge in [-0.1, -0.05) is 32.6 Å². The first-order chi connectivity index (χ1) is 11.7. The Hall–Kier alpha value is -0.580. The molecule has 3 aliphatic rings. The molecule has 1 nitrogen and oxygen atoms in total. The van der Waals surface area contributed by atoms with E-state index in [2.05, 4.69) is 13.0 Å². The minimum atomic E-state index is -0.569. The second kappa shape index (κ2) is 8.68. The molecule has 136 valence electrons. The van der Waals surface area contributed by atoms with E-state index < -0.39 is 6.17 Å². The number of nitriles is 1. The predicted molar refractivity (Wildman–Crippen MR) is 97.1 cm³/mol. The lowest BCUT2D eigenvalue weighted by atomic mass is 9.64. The average Bonchev–Trinajstić information content (AvgIpc) is 2.63. The van der Waals surface area contributed by atoms with Crippen LogP contribution >= 0.6 is 0 Å². The topological polar surface area (TPSA) is 23.8 Å². The minimum absolute atomic E-state index is 0.244. The number of hydrogen-bond acceptors (Lipinski definition) is 1. The maximum absolute atomic E-state index is 14.9. The first-order valence-corrected chi connectivity index (χ1v) is 10.7. The van der Waals surface area contributed by atoms with E-state index >= 15 is 0 Å². The zero-order chi connectivity index (χ0) is 16.9. The van der Waals surface area contributed by atoms with Gasteiger partial charge in [-0.25, -0.2) is 4.39 Å². The first kappa shape index (κ1) is 18.2. The molecule has 0 N–H and O–H groups in total. The van der Waals surface area contributed by atoms with Crippen molar-refractivity contribution in [3.63, 3.8) is 0 Å². The summed E-state index contributed by atoms with van der Waals surface area (Å²) in [6.45, 7) is 2.30. The van der Waals surface area contributed by atoms with Crippen LogP contribution in [0, 0.1) is 46.8 Å². The molecule has 2 heteroatoms. The summed E-state index contributed by atoms with van der Waals surface area (Å²) in [4.78, 5) is 0. The summed E-state index contributed by atoms with van der Waals surface area (Å²) in [5.74, 6) is 3.54. The molecule has 24 heavy (non-hydrogen) atoms. The molecule has 0 aromatic carbocycles. The summed E-state index contributed by atoms with van der Waals surface area (Å²) in [5, 5.41) is 9.05. The highest BCUT2D eigenvalue weighted by molar-refractivity contribution is 4.93. The second-order valence-electron chi connectivity index (χ2n) is 9.06. The van der Waals surface area contributed by atoms with Crippen LogP contribution in [0.4, 0.5) is 4.39 Å². The van der Waals surface area contributed by atoms with Gasteiger partial charge in [0.15, 0.2) is 0 Å². The van der Waals surface area contributed by atoms with E-state index in [1.807, 2.05) is 0 Å². The van der Waals surface area contributed by atoms with Crippen LogP contribution in [0.2, 0.25) is 0 Å². The van der Waals surface area contributed by atoms with E-state index in [1.165, 1.54) is 44.9 Å². The number of halogens is 1. The van der Waals surface area contributed by atoms with E-state index in [1.54, 1.807) is 0 Å². The van der Waals surface area contributed by atoms with Gasteiger partial charge in [0.25, 0.3) is 0 Å². The summed E-state index contributed by atoms with van der Waals surface area (Å²) in [6, 6.07) is 2.41. The number of rotatable bonds is 4. The van der Waals surface area contributed by atoms with Gasteiger partial charge in [-0.3, -0.25) is 0 Å². The minimum Gasteiger partial charge on any atom is -0.247 e. The molecule has 3 saturated carbocycles. The Balaban J connectivity index is 1.45. The van der Waals surface area contributed by atoms with Crippen LogP contribution in [0.25, 0.3) is 0 Å². The molecule has 3 aliphatic carbocycles. The Bertz CT molecular complexity index is 412. The van der Waals surface area contributed by atoms with Crippen LogP contribution < -0.4 is 0 Å². The molecule has 0 bridgehead atoms. The highest BCUT2D eigenvalue weighted by Gasteiger charge is 2.39. The fraction of sp³-hybridized carbons (Fsp3) is 0.955. The Morgan fingerprint density at radius 2 is 1.46 bits per heavy atom. The average molecular weight is 334 g/mol. The summed E-state index contributed by atoms with van der Waals surface area (Å²) >= 11 is 0. The van der Waals surface area contributed by atoms with Crippen molar-refractivity contribution in [3.05, 3.63) is 0 Å². The van der Waals surface area contributed by atoms with E-state index in [9.17, 15) is 4.39 Å². The van der Waals surface area contributed by atoms with Crippen molar-refractivity contribution in [2.45, 2.75) is 96.6 Å². The zero-order valence-corrected chi connectivity index (χ0v) is 15.6. The van der Waals surface area contributed by atoms with E-state index in [0.717, 1.165) is 50.4 Å². The molecule has 3 atom stereocenters. The van der Waals surface area contributed by atoms with Crippen molar-refractivity contribution < 1.29 is 4.39 Å². The molecule has 0 aliphatic heterocycles. The van der Waals surface area contributed by atoms with Gasteiger partial charge in [0.05, 0.1) is 6.07 Å². The first-order valence-electron chi connectivity index (χ1n) is 10.7. The Labute approximate surface area is 148 Å². The van der Waals surface area contributed by atoms with Crippen molar-refractivity contribution in [3.8, 4) is 6.07 Å². The molecule has 0 spiro atoms. The third-order valence-electron chi connectivity index (χ3n) is 7.68. The predicted octanol–water partition coefficient (Wildman–Crippen LogP) is 6.68. The highest BCUT2D eigenvalue weighted by Crippen LogP contribution is 2.47. The van der Waals surface area contributed by atoms with Crippen molar-refractivity contribution >= 4 is 0 Å². The van der Waals surface area contributed by atoms with Gasteiger partial charge in [-0.05, 0) is 87.4 Å². The molecule has 0 aromatic heterocycles. The number of hydrogen-bond donors (Lipinski definition) is 0. The largest absolute Gasteiger partial charge is 0.247 e. The molecule has 3 rings (SSSR count). The van der Waals surface area contributed by atoms with E-state index in [0.29, 0.717) is 17.8 Å².